The van der Waals surface area contributed by atoms with Gasteiger partial charge in [0.2, 0.25) is 0 Å². The lowest BCUT2D eigenvalue weighted by atomic mass is 10.1. The first-order valence-corrected chi connectivity index (χ1v) is 7.01. The van der Waals surface area contributed by atoms with Crippen molar-refractivity contribution >= 4 is 34.5 Å². The van der Waals surface area contributed by atoms with E-state index >= 15 is 0 Å². The molecule has 0 saturated carbocycles. The van der Waals surface area contributed by atoms with Gasteiger partial charge in [0.15, 0.2) is 0 Å². The molecular formula is C10H12ClN3S2. The second-order valence-electron chi connectivity index (χ2n) is 3.45. The summed E-state index contributed by atoms with van der Waals surface area (Å²) in [6.45, 7) is 2.12. The van der Waals surface area contributed by atoms with Crippen molar-refractivity contribution in [2.75, 3.05) is 0 Å². The summed E-state index contributed by atoms with van der Waals surface area (Å²) in [5.74, 6) is 0. The van der Waals surface area contributed by atoms with Gasteiger partial charge < -0.3 is 5.73 Å². The van der Waals surface area contributed by atoms with Crippen LogP contribution in [0, 0.1) is 0 Å². The molecule has 2 rings (SSSR count). The number of hydrogen-bond donors (Lipinski definition) is 1. The number of halogens is 1. The minimum absolute atomic E-state index is 0.140. The van der Waals surface area contributed by atoms with Gasteiger partial charge in [0, 0.05) is 4.88 Å². The molecule has 0 spiro atoms. The SMILES string of the molecule is CCCc1nnsc1C(N)c1ccc(Cl)s1. The molecule has 2 aromatic rings. The highest BCUT2D eigenvalue weighted by Gasteiger charge is 2.18. The third-order valence-electron chi connectivity index (χ3n) is 2.25. The van der Waals surface area contributed by atoms with Crippen LogP contribution < -0.4 is 5.73 Å². The highest BCUT2D eigenvalue weighted by molar-refractivity contribution is 7.16. The topological polar surface area (TPSA) is 51.8 Å². The maximum atomic E-state index is 6.19. The van der Waals surface area contributed by atoms with E-state index in [4.69, 9.17) is 17.3 Å². The Morgan fingerprint density at radius 2 is 2.31 bits per heavy atom. The van der Waals surface area contributed by atoms with Gasteiger partial charge in [-0.05, 0) is 30.1 Å². The quantitative estimate of drug-likeness (QED) is 0.930. The van der Waals surface area contributed by atoms with Crippen LogP contribution in [0.25, 0.3) is 0 Å². The van der Waals surface area contributed by atoms with E-state index in [9.17, 15) is 0 Å². The first kappa shape index (κ1) is 12.0. The highest BCUT2D eigenvalue weighted by Crippen LogP contribution is 2.32. The first-order valence-electron chi connectivity index (χ1n) is 5.04. The first-order chi connectivity index (χ1) is 7.72. The Labute approximate surface area is 107 Å². The summed E-state index contributed by atoms with van der Waals surface area (Å²) in [4.78, 5) is 2.12. The standard InChI is InChI=1S/C10H12ClN3S2/c1-2-3-6-10(16-14-13-6)9(12)7-4-5-8(11)15-7/h4-5,9H,2-3,12H2,1H3. The van der Waals surface area contributed by atoms with Gasteiger partial charge in [-0.25, -0.2) is 0 Å². The van der Waals surface area contributed by atoms with Gasteiger partial charge in [-0.2, -0.15) is 0 Å². The van der Waals surface area contributed by atoms with Crippen molar-refractivity contribution in [3.63, 3.8) is 0 Å². The van der Waals surface area contributed by atoms with Gasteiger partial charge in [0.1, 0.15) is 0 Å². The van der Waals surface area contributed by atoms with E-state index in [1.807, 2.05) is 12.1 Å². The number of thiophene rings is 1. The molecule has 0 radical (unpaired) electrons. The lowest BCUT2D eigenvalue weighted by Crippen LogP contribution is -2.10. The van der Waals surface area contributed by atoms with Crippen LogP contribution in [0.5, 0.6) is 0 Å². The van der Waals surface area contributed by atoms with Crippen molar-refractivity contribution in [3.8, 4) is 0 Å². The van der Waals surface area contributed by atoms with Gasteiger partial charge in [-0.3, -0.25) is 0 Å². The van der Waals surface area contributed by atoms with Crippen molar-refractivity contribution < 1.29 is 0 Å². The van der Waals surface area contributed by atoms with E-state index in [-0.39, 0.29) is 6.04 Å². The Bertz CT molecular complexity index is 466. The Morgan fingerprint density at radius 1 is 1.50 bits per heavy atom. The average Bonchev–Trinajstić information content (AvgIpc) is 2.87. The Morgan fingerprint density at radius 3 is 2.94 bits per heavy atom. The zero-order valence-corrected chi connectivity index (χ0v) is 11.2. The number of nitrogens with zero attached hydrogens (tertiary/aromatic N) is 2. The molecule has 1 unspecified atom stereocenters. The van der Waals surface area contributed by atoms with Gasteiger partial charge in [0.25, 0.3) is 0 Å². The summed E-state index contributed by atoms with van der Waals surface area (Å²) in [6.07, 6.45) is 1.98. The molecule has 86 valence electrons. The van der Waals surface area contributed by atoms with E-state index < -0.39 is 0 Å². The van der Waals surface area contributed by atoms with Crippen LogP contribution >= 0.6 is 34.5 Å². The predicted molar refractivity (Wildman–Crippen MR) is 69.3 cm³/mol. The minimum Gasteiger partial charge on any atom is -0.319 e. The molecule has 0 aliphatic rings. The Hall–Kier alpha value is -0.490. The fourth-order valence-corrected chi connectivity index (χ4v) is 3.35. The van der Waals surface area contributed by atoms with E-state index in [1.165, 1.54) is 22.9 Å². The summed E-state index contributed by atoms with van der Waals surface area (Å²) in [5, 5.41) is 4.12. The fourth-order valence-electron chi connectivity index (χ4n) is 1.49. The number of nitrogens with two attached hydrogens (primary N) is 1. The molecule has 1 atom stereocenters. The largest absolute Gasteiger partial charge is 0.319 e. The monoisotopic (exact) mass is 273 g/mol. The molecule has 16 heavy (non-hydrogen) atoms. The lowest BCUT2D eigenvalue weighted by molar-refractivity contribution is 0.821. The summed E-state index contributed by atoms with van der Waals surface area (Å²) in [7, 11) is 0. The fraction of sp³-hybridized carbons (Fsp3) is 0.400. The highest BCUT2D eigenvalue weighted by atomic mass is 35.5. The van der Waals surface area contributed by atoms with Crippen molar-refractivity contribution in [2.24, 2.45) is 5.73 Å². The molecule has 0 aliphatic carbocycles. The minimum atomic E-state index is -0.140. The number of rotatable bonds is 4. The molecule has 0 aliphatic heterocycles. The zero-order chi connectivity index (χ0) is 11.5. The average molecular weight is 274 g/mol. The van der Waals surface area contributed by atoms with Crippen LogP contribution in [0.3, 0.4) is 0 Å². The zero-order valence-electron chi connectivity index (χ0n) is 8.81. The Kier molecular flexibility index (Phi) is 3.91. The van der Waals surface area contributed by atoms with Crippen LogP contribution in [0.15, 0.2) is 12.1 Å². The van der Waals surface area contributed by atoms with Crippen LogP contribution in [-0.2, 0) is 6.42 Å². The van der Waals surface area contributed by atoms with Gasteiger partial charge in [-0.15, -0.1) is 16.4 Å². The van der Waals surface area contributed by atoms with Crippen LogP contribution in [-0.4, -0.2) is 9.59 Å². The summed E-state index contributed by atoms with van der Waals surface area (Å²) >= 11 is 8.79. The third kappa shape index (κ3) is 2.43. The van der Waals surface area contributed by atoms with E-state index in [0.717, 1.165) is 32.6 Å². The van der Waals surface area contributed by atoms with Gasteiger partial charge >= 0.3 is 0 Å². The number of aryl methyl sites for hydroxylation is 1. The third-order valence-corrected chi connectivity index (χ3v) is 4.42. The second kappa shape index (κ2) is 5.23. The molecular weight excluding hydrogens is 262 g/mol. The molecule has 0 saturated heterocycles. The maximum Gasteiger partial charge on any atom is 0.0931 e. The molecule has 6 heteroatoms. The van der Waals surface area contributed by atoms with Crippen molar-refractivity contribution in [3.05, 3.63) is 31.9 Å². The van der Waals surface area contributed by atoms with E-state index in [2.05, 4.69) is 16.5 Å². The smallest absolute Gasteiger partial charge is 0.0931 e. The maximum absolute atomic E-state index is 6.19. The molecule has 0 aromatic carbocycles. The van der Waals surface area contributed by atoms with Crippen LogP contribution in [0.4, 0.5) is 0 Å². The predicted octanol–water partition coefficient (Wildman–Crippen LogP) is 3.25. The molecule has 2 N–H and O–H groups in total. The van der Waals surface area contributed by atoms with Gasteiger partial charge in [0.05, 0.1) is 20.9 Å². The molecule has 3 nitrogen and oxygen atoms in total. The second-order valence-corrected chi connectivity index (χ2v) is 5.99. The lowest BCUT2D eigenvalue weighted by Gasteiger charge is -2.07. The molecule has 0 bridgehead atoms. The number of hydrogen-bond acceptors (Lipinski definition) is 5. The van der Waals surface area contributed by atoms with Crippen molar-refractivity contribution in [2.45, 2.75) is 25.8 Å². The molecule has 2 heterocycles. The van der Waals surface area contributed by atoms with Gasteiger partial charge in [-0.1, -0.05) is 29.4 Å². The summed E-state index contributed by atoms with van der Waals surface area (Å²) in [6, 6.07) is 3.70. The summed E-state index contributed by atoms with van der Waals surface area (Å²) < 4.78 is 4.74. The molecule has 2 aromatic heterocycles. The molecule has 0 fully saturated rings. The van der Waals surface area contributed by atoms with Crippen LogP contribution in [0.2, 0.25) is 4.34 Å². The van der Waals surface area contributed by atoms with E-state index in [1.54, 1.807) is 0 Å². The van der Waals surface area contributed by atoms with Crippen molar-refractivity contribution in [1.82, 2.24) is 9.59 Å². The molecule has 0 amide bonds. The van der Waals surface area contributed by atoms with E-state index in [0.29, 0.717) is 0 Å². The number of aromatic nitrogens is 2. The Balaban J connectivity index is 2.26. The summed E-state index contributed by atoms with van der Waals surface area (Å²) in [5.41, 5.74) is 7.21. The van der Waals surface area contributed by atoms with Crippen LogP contribution in [0.1, 0.15) is 34.8 Å². The normalized spacial score (nSPS) is 12.9. The van der Waals surface area contributed by atoms with Crippen molar-refractivity contribution in [1.29, 1.82) is 0 Å².